The Morgan fingerprint density at radius 2 is 1.87 bits per heavy atom. The minimum Gasteiger partial charge on any atom is -0.396 e. The molecule has 82 valence electrons. The van der Waals surface area contributed by atoms with Crippen LogP contribution in [0.25, 0.3) is 0 Å². The van der Waals surface area contributed by atoms with E-state index in [2.05, 4.69) is 50.3 Å². The number of hydrogen-bond donors (Lipinski definition) is 1. The molecule has 15 heavy (non-hydrogen) atoms. The summed E-state index contributed by atoms with van der Waals surface area (Å²) in [5, 5.41) is 8.88. The minimum atomic E-state index is 0.268. The topological polar surface area (TPSA) is 20.2 Å². The third-order valence-corrected chi connectivity index (χ3v) is 2.60. The Kier molecular flexibility index (Phi) is 5.13. The summed E-state index contributed by atoms with van der Waals surface area (Å²) in [4.78, 5) is 0. The Morgan fingerprint density at radius 3 is 2.47 bits per heavy atom. The molecule has 1 aromatic rings. The van der Waals surface area contributed by atoms with Gasteiger partial charge in [-0.2, -0.15) is 0 Å². The molecule has 1 heteroatoms. The highest BCUT2D eigenvalue weighted by Gasteiger charge is 2.00. The third-order valence-electron chi connectivity index (χ3n) is 2.60. The summed E-state index contributed by atoms with van der Waals surface area (Å²) in [7, 11) is 0. The molecule has 0 saturated carbocycles. The highest BCUT2D eigenvalue weighted by molar-refractivity contribution is 5.22. The lowest BCUT2D eigenvalue weighted by Crippen LogP contribution is -1.98. The Morgan fingerprint density at radius 1 is 1.20 bits per heavy atom. The Balaban J connectivity index is 2.45. The average Bonchev–Trinajstić information content (AvgIpc) is 2.29. The monoisotopic (exact) mass is 204 g/mol. The molecule has 0 aliphatic heterocycles. The van der Waals surface area contributed by atoms with Crippen LogP contribution in [-0.2, 0) is 0 Å². The van der Waals surface area contributed by atoms with Crippen molar-refractivity contribution in [3.05, 3.63) is 48.0 Å². The molecule has 0 spiro atoms. The molecular formula is C14H20O. The molecular weight excluding hydrogens is 184 g/mol. The van der Waals surface area contributed by atoms with Crippen LogP contribution in [0, 0.1) is 5.92 Å². The molecule has 0 bridgehead atoms. The van der Waals surface area contributed by atoms with E-state index in [1.54, 1.807) is 0 Å². The second kappa shape index (κ2) is 6.41. The van der Waals surface area contributed by atoms with Gasteiger partial charge in [-0.3, -0.25) is 0 Å². The van der Waals surface area contributed by atoms with Gasteiger partial charge in [0, 0.05) is 6.61 Å². The lowest BCUT2D eigenvalue weighted by atomic mass is 9.99. The van der Waals surface area contributed by atoms with Gasteiger partial charge in [0.25, 0.3) is 0 Å². The van der Waals surface area contributed by atoms with Crippen LogP contribution in [-0.4, -0.2) is 11.7 Å². The van der Waals surface area contributed by atoms with Gasteiger partial charge in [-0.15, -0.1) is 0 Å². The quantitative estimate of drug-likeness (QED) is 0.729. The molecule has 0 amide bonds. The third kappa shape index (κ3) is 4.30. The van der Waals surface area contributed by atoms with Crippen LogP contribution in [0.3, 0.4) is 0 Å². The smallest absolute Gasteiger partial charge is 0.0459 e. The van der Waals surface area contributed by atoms with Gasteiger partial charge in [0.05, 0.1) is 0 Å². The largest absolute Gasteiger partial charge is 0.396 e. The maximum atomic E-state index is 8.88. The van der Waals surface area contributed by atoms with Crippen molar-refractivity contribution in [2.75, 3.05) is 6.61 Å². The molecule has 0 heterocycles. The fraction of sp³-hybridized carbons (Fsp3) is 0.429. The highest BCUT2D eigenvalue weighted by Crippen LogP contribution is 2.16. The summed E-state index contributed by atoms with van der Waals surface area (Å²) >= 11 is 0. The van der Waals surface area contributed by atoms with Crippen molar-refractivity contribution in [3.63, 3.8) is 0 Å². The number of benzene rings is 1. The molecule has 0 aromatic heterocycles. The van der Waals surface area contributed by atoms with E-state index in [0.717, 1.165) is 6.42 Å². The summed E-state index contributed by atoms with van der Waals surface area (Å²) in [5.74, 6) is 0.821. The zero-order chi connectivity index (χ0) is 11.1. The predicted octanol–water partition coefficient (Wildman–Crippen LogP) is 3.36. The molecule has 1 N–H and O–H groups in total. The Hall–Kier alpha value is -1.08. The van der Waals surface area contributed by atoms with Crippen molar-refractivity contribution in [1.29, 1.82) is 0 Å². The first-order valence-corrected chi connectivity index (χ1v) is 5.56. The molecule has 1 nitrogen and oxygen atoms in total. The summed E-state index contributed by atoms with van der Waals surface area (Å²) in [5.41, 5.74) is 1.34. The van der Waals surface area contributed by atoms with Crippen molar-refractivity contribution in [3.8, 4) is 0 Å². The van der Waals surface area contributed by atoms with Crippen LogP contribution >= 0.6 is 0 Å². The van der Waals surface area contributed by atoms with Gasteiger partial charge in [0.15, 0.2) is 0 Å². The lowest BCUT2D eigenvalue weighted by molar-refractivity contribution is 0.239. The van der Waals surface area contributed by atoms with Crippen molar-refractivity contribution >= 4 is 0 Å². The number of rotatable bonds is 5. The number of allylic oxidation sites excluding steroid dienone is 2. The predicted molar refractivity (Wildman–Crippen MR) is 64.9 cm³/mol. The van der Waals surface area contributed by atoms with Gasteiger partial charge < -0.3 is 5.11 Å². The number of aliphatic hydroxyl groups excluding tert-OH is 1. The minimum absolute atomic E-state index is 0.268. The summed E-state index contributed by atoms with van der Waals surface area (Å²) in [6.07, 6.45) is 5.33. The summed E-state index contributed by atoms with van der Waals surface area (Å²) in [6.45, 7) is 4.51. The van der Waals surface area contributed by atoms with E-state index in [1.807, 2.05) is 6.07 Å². The second-order valence-electron chi connectivity index (χ2n) is 4.15. The first kappa shape index (κ1) is 12.0. The zero-order valence-electron chi connectivity index (χ0n) is 9.56. The molecule has 0 saturated heterocycles. The highest BCUT2D eigenvalue weighted by atomic mass is 16.3. The molecule has 0 radical (unpaired) electrons. The summed E-state index contributed by atoms with van der Waals surface area (Å²) in [6, 6.07) is 10.5. The van der Waals surface area contributed by atoms with E-state index in [4.69, 9.17) is 5.11 Å². The van der Waals surface area contributed by atoms with Crippen LogP contribution in [0.5, 0.6) is 0 Å². The second-order valence-corrected chi connectivity index (χ2v) is 4.15. The molecule has 1 rings (SSSR count). The molecule has 0 fully saturated rings. The van der Waals surface area contributed by atoms with Crippen molar-refractivity contribution in [1.82, 2.24) is 0 Å². The molecule has 0 aliphatic carbocycles. The SMILES string of the molecule is CC(/C=C/C[C@H](C)CO)c1ccccc1. The van der Waals surface area contributed by atoms with Crippen LogP contribution in [0.15, 0.2) is 42.5 Å². The Labute approximate surface area is 92.5 Å². The number of aliphatic hydroxyl groups is 1. The summed E-state index contributed by atoms with van der Waals surface area (Å²) < 4.78 is 0. The number of hydrogen-bond acceptors (Lipinski definition) is 1. The fourth-order valence-corrected chi connectivity index (χ4v) is 1.46. The van der Waals surface area contributed by atoms with E-state index >= 15 is 0 Å². The molecule has 1 aromatic carbocycles. The van der Waals surface area contributed by atoms with Gasteiger partial charge >= 0.3 is 0 Å². The van der Waals surface area contributed by atoms with Crippen molar-refractivity contribution in [2.45, 2.75) is 26.2 Å². The Bertz CT molecular complexity index is 289. The average molecular weight is 204 g/mol. The van der Waals surface area contributed by atoms with Gasteiger partial charge in [-0.25, -0.2) is 0 Å². The van der Waals surface area contributed by atoms with Gasteiger partial charge in [-0.1, -0.05) is 56.3 Å². The standard InChI is InChI=1S/C14H20O/c1-12(11-15)7-6-8-13(2)14-9-4-3-5-10-14/h3-6,8-10,12-13,15H,7,11H2,1-2H3/b8-6+/t12-,13?/m0/s1. The van der Waals surface area contributed by atoms with E-state index in [0.29, 0.717) is 11.8 Å². The van der Waals surface area contributed by atoms with E-state index in [1.165, 1.54) is 5.56 Å². The molecule has 1 unspecified atom stereocenters. The first-order valence-electron chi connectivity index (χ1n) is 5.56. The maximum absolute atomic E-state index is 8.88. The van der Waals surface area contributed by atoms with E-state index in [9.17, 15) is 0 Å². The van der Waals surface area contributed by atoms with Crippen LogP contribution in [0.1, 0.15) is 31.7 Å². The zero-order valence-corrected chi connectivity index (χ0v) is 9.56. The van der Waals surface area contributed by atoms with Gasteiger partial charge in [0.1, 0.15) is 0 Å². The van der Waals surface area contributed by atoms with Gasteiger partial charge in [0.2, 0.25) is 0 Å². The van der Waals surface area contributed by atoms with Crippen LogP contribution < -0.4 is 0 Å². The maximum Gasteiger partial charge on any atom is 0.0459 e. The normalized spacial score (nSPS) is 15.4. The van der Waals surface area contributed by atoms with Crippen molar-refractivity contribution in [2.24, 2.45) is 5.92 Å². The van der Waals surface area contributed by atoms with E-state index in [-0.39, 0.29) is 6.61 Å². The van der Waals surface area contributed by atoms with E-state index < -0.39 is 0 Å². The van der Waals surface area contributed by atoms with Crippen LogP contribution in [0.4, 0.5) is 0 Å². The van der Waals surface area contributed by atoms with Crippen LogP contribution in [0.2, 0.25) is 0 Å². The molecule has 0 aliphatic rings. The fourth-order valence-electron chi connectivity index (χ4n) is 1.46. The van der Waals surface area contributed by atoms with Crippen molar-refractivity contribution < 1.29 is 5.11 Å². The lowest BCUT2D eigenvalue weighted by Gasteiger charge is -2.07. The van der Waals surface area contributed by atoms with Gasteiger partial charge in [-0.05, 0) is 23.8 Å². The molecule has 2 atom stereocenters. The first-order chi connectivity index (χ1) is 7.24.